The minimum Gasteiger partial charge on any atom is -0.449 e. The Balaban J connectivity index is 1.40. The summed E-state index contributed by atoms with van der Waals surface area (Å²) in [6.45, 7) is 0.958. The Labute approximate surface area is 192 Å². The first kappa shape index (κ1) is 20.2. The zero-order valence-electron chi connectivity index (χ0n) is 18.5. The van der Waals surface area contributed by atoms with E-state index in [9.17, 15) is 14.4 Å². The van der Waals surface area contributed by atoms with Crippen molar-refractivity contribution in [1.29, 1.82) is 0 Å². The summed E-state index contributed by atoms with van der Waals surface area (Å²) in [5.41, 5.74) is 3.58. The van der Waals surface area contributed by atoms with E-state index < -0.39 is 5.60 Å². The van der Waals surface area contributed by atoms with Crippen molar-refractivity contribution in [3.8, 4) is 0 Å². The fourth-order valence-corrected chi connectivity index (χ4v) is 6.06. The van der Waals surface area contributed by atoms with Crippen LogP contribution >= 0.6 is 0 Å². The lowest BCUT2D eigenvalue weighted by atomic mass is 9.80. The van der Waals surface area contributed by atoms with Crippen molar-refractivity contribution in [2.75, 3.05) is 13.1 Å². The number of amides is 2. The molecule has 1 spiro atoms. The van der Waals surface area contributed by atoms with Crippen LogP contribution in [0.1, 0.15) is 70.0 Å². The highest BCUT2D eigenvalue weighted by Gasteiger charge is 2.49. The molecule has 0 N–H and O–H groups in total. The maximum absolute atomic E-state index is 13.2. The van der Waals surface area contributed by atoms with Crippen LogP contribution in [-0.4, -0.2) is 46.3 Å². The molecular weight excluding hydrogens is 416 g/mol. The Morgan fingerprint density at radius 3 is 2.27 bits per heavy atom. The molecule has 0 aromatic heterocycles. The van der Waals surface area contributed by atoms with Gasteiger partial charge in [-0.3, -0.25) is 14.5 Å². The second kappa shape index (κ2) is 7.58. The van der Waals surface area contributed by atoms with Crippen molar-refractivity contribution >= 4 is 17.8 Å². The van der Waals surface area contributed by atoms with E-state index in [2.05, 4.69) is 17.0 Å². The molecule has 2 aromatic rings. The molecule has 6 heteroatoms. The summed E-state index contributed by atoms with van der Waals surface area (Å²) >= 11 is 0. The summed E-state index contributed by atoms with van der Waals surface area (Å²) in [4.78, 5) is 42.4. The molecule has 0 unspecified atom stereocenters. The van der Waals surface area contributed by atoms with Crippen LogP contribution in [0.4, 0.5) is 0 Å². The Bertz CT molecular complexity index is 1160. The molecule has 3 aliphatic heterocycles. The van der Waals surface area contributed by atoms with Crippen LogP contribution in [0.2, 0.25) is 0 Å². The summed E-state index contributed by atoms with van der Waals surface area (Å²) in [6.07, 6.45) is 7.33. The third kappa shape index (κ3) is 3.11. The summed E-state index contributed by atoms with van der Waals surface area (Å²) < 4.78 is 5.93. The van der Waals surface area contributed by atoms with Gasteiger partial charge >= 0.3 is 5.97 Å². The smallest absolute Gasteiger partial charge is 0.333 e. The average Bonchev–Trinajstić information content (AvgIpc) is 3.28. The van der Waals surface area contributed by atoms with E-state index in [0.717, 1.165) is 56.3 Å². The molecule has 2 aromatic carbocycles. The van der Waals surface area contributed by atoms with Gasteiger partial charge in [0.25, 0.3) is 11.8 Å². The molecule has 1 saturated carbocycles. The minimum atomic E-state index is -0.581. The number of esters is 1. The maximum atomic E-state index is 13.2. The molecule has 0 saturated heterocycles. The van der Waals surface area contributed by atoms with Crippen LogP contribution in [0.15, 0.2) is 60.3 Å². The van der Waals surface area contributed by atoms with Crippen LogP contribution in [0.25, 0.3) is 0 Å². The highest BCUT2D eigenvalue weighted by molar-refractivity contribution is 6.21. The lowest BCUT2D eigenvalue weighted by Gasteiger charge is -2.46. The molecule has 4 aliphatic rings. The number of imide groups is 1. The quantitative estimate of drug-likeness (QED) is 0.531. The number of hydrogen-bond donors (Lipinski definition) is 0. The highest BCUT2D eigenvalue weighted by atomic mass is 16.6. The van der Waals surface area contributed by atoms with Gasteiger partial charge < -0.3 is 9.64 Å². The standard InChI is InChI=1S/C27H26N2O4/c30-24-16-23(27(33-24)13-6-1-7-14-27)28-15-12-18-8-2-3-9-19(18)22(28)17-29-25(31)20-10-4-5-11-21(20)26(29)32/h2-5,8-11,16,22H,1,6-7,12-15,17H2/t22-/m1/s1. The minimum absolute atomic E-state index is 0.225. The monoisotopic (exact) mass is 442 g/mol. The molecule has 0 radical (unpaired) electrons. The van der Waals surface area contributed by atoms with E-state index in [0.29, 0.717) is 11.1 Å². The third-order valence-corrected chi connectivity index (χ3v) is 7.63. The third-order valence-electron chi connectivity index (χ3n) is 7.63. The van der Waals surface area contributed by atoms with Gasteiger partial charge in [0, 0.05) is 12.6 Å². The number of benzene rings is 2. The highest BCUT2D eigenvalue weighted by Crippen LogP contribution is 2.46. The first-order valence-electron chi connectivity index (χ1n) is 11.8. The fourth-order valence-electron chi connectivity index (χ4n) is 6.06. The molecular formula is C27H26N2O4. The topological polar surface area (TPSA) is 66.9 Å². The Morgan fingerprint density at radius 1 is 0.879 bits per heavy atom. The molecule has 1 atom stereocenters. The molecule has 0 bridgehead atoms. The predicted molar refractivity (Wildman–Crippen MR) is 121 cm³/mol. The normalized spacial score (nSPS) is 23.5. The van der Waals surface area contributed by atoms with Gasteiger partial charge in [-0.1, -0.05) is 42.8 Å². The van der Waals surface area contributed by atoms with Gasteiger partial charge in [0.2, 0.25) is 0 Å². The zero-order valence-corrected chi connectivity index (χ0v) is 18.5. The van der Waals surface area contributed by atoms with Gasteiger partial charge in [-0.25, -0.2) is 4.79 Å². The van der Waals surface area contributed by atoms with Crippen molar-refractivity contribution in [3.05, 3.63) is 82.6 Å². The second-order valence-electron chi connectivity index (χ2n) is 9.43. The maximum Gasteiger partial charge on any atom is 0.333 e. The Hall–Kier alpha value is -3.41. The first-order chi connectivity index (χ1) is 16.1. The molecule has 6 nitrogen and oxygen atoms in total. The van der Waals surface area contributed by atoms with Crippen LogP contribution in [-0.2, 0) is 16.0 Å². The molecule has 2 amide bonds. The molecule has 33 heavy (non-hydrogen) atoms. The second-order valence-corrected chi connectivity index (χ2v) is 9.43. The Kier molecular flexibility index (Phi) is 4.64. The van der Waals surface area contributed by atoms with Gasteiger partial charge in [0.1, 0.15) is 0 Å². The van der Waals surface area contributed by atoms with Crippen molar-refractivity contribution in [2.45, 2.75) is 50.2 Å². The van der Waals surface area contributed by atoms with E-state index in [-0.39, 0.29) is 30.4 Å². The van der Waals surface area contributed by atoms with Crippen LogP contribution in [0.3, 0.4) is 0 Å². The van der Waals surface area contributed by atoms with Crippen LogP contribution < -0.4 is 0 Å². The van der Waals surface area contributed by atoms with Gasteiger partial charge in [-0.05, 0) is 55.4 Å². The van der Waals surface area contributed by atoms with Gasteiger partial charge in [-0.15, -0.1) is 0 Å². The predicted octanol–water partition coefficient (Wildman–Crippen LogP) is 4.03. The fraction of sp³-hybridized carbons (Fsp3) is 0.370. The number of carbonyl (C=O) groups excluding carboxylic acids is 3. The number of rotatable bonds is 3. The van der Waals surface area contributed by atoms with Crippen molar-refractivity contribution in [3.63, 3.8) is 0 Å². The number of nitrogens with zero attached hydrogens (tertiary/aromatic N) is 2. The SMILES string of the molecule is O=C1C=C(N2CCc3ccccc3[C@H]2CN2C(=O)c3ccccc3C2=O)C2(CCCCC2)O1. The zero-order chi connectivity index (χ0) is 22.6. The Morgan fingerprint density at radius 2 is 1.55 bits per heavy atom. The van der Waals surface area contributed by atoms with Gasteiger partial charge in [0.15, 0.2) is 5.60 Å². The van der Waals surface area contributed by atoms with E-state index in [1.807, 2.05) is 12.1 Å². The molecule has 168 valence electrons. The molecule has 1 fully saturated rings. The van der Waals surface area contributed by atoms with E-state index in [1.54, 1.807) is 30.3 Å². The molecule has 3 heterocycles. The van der Waals surface area contributed by atoms with E-state index in [4.69, 9.17) is 4.74 Å². The van der Waals surface area contributed by atoms with Crippen LogP contribution in [0, 0.1) is 0 Å². The largest absolute Gasteiger partial charge is 0.449 e. The summed E-state index contributed by atoms with van der Waals surface area (Å²) in [5.74, 6) is -0.789. The van der Waals surface area contributed by atoms with E-state index in [1.165, 1.54) is 10.5 Å². The van der Waals surface area contributed by atoms with Crippen LogP contribution in [0.5, 0.6) is 0 Å². The van der Waals surface area contributed by atoms with E-state index >= 15 is 0 Å². The first-order valence-corrected chi connectivity index (χ1v) is 11.8. The number of fused-ring (bicyclic) bond motifs is 2. The number of hydrogen-bond acceptors (Lipinski definition) is 5. The van der Waals surface area contributed by atoms with Crippen molar-refractivity contribution in [2.24, 2.45) is 0 Å². The number of ether oxygens (including phenoxy) is 1. The number of carbonyl (C=O) groups is 3. The van der Waals surface area contributed by atoms with Crippen molar-refractivity contribution in [1.82, 2.24) is 9.80 Å². The lowest BCUT2D eigenvalue weighted by Crippen LogP contribution is -2.48. The summed E-state index contributed by atoms with van der Waals surface area (Å²) in [6, 6.07) is 15.0. The van der Waals surface area contributed by atoms with Gasteiger partial charge in [-0.2, -0.15) is 0 Å². The molecule has 1 aliphatic carbocycles. The summed E-state index contributed by atoms with van der Waals surface area (Å²) in [5, 5.41) is 0. The molecule has 6 rings (SSSR count). The average molecular weight is 443 g/mol. The summed E-state index contributed by atoms with van der Waals surface area (Å²) in [7, 11) is 0. The van der Waals surface area contributed by atoms with Crippen molar-refractivity contribution < 1.29 is 19.1 Å². The lowest BCUT2D eigenvalue weighted by molar-refractivity contribution is -0.149. The van der Waals surface area contributed by atoms with Gasteiger partial charge in [0.05, 0.1) is 29.4 Å².